The number of morpholine rings is 1. The van der Waals surface area contributed by atoms with E-state index in [9.17, 15) is 9.65 Å². The van der Waals surface area contributed by atoms with Gasteiger partial charge in [-0.1, -0.05) is 42.0 Å². The fourth-order valence-electron chi connectivity index (χ4n) is 3.59. The van der Waals surface area contributed by atoms with Gasteiger partial charge in [0.15, 0.2) is 0 Å². The fraction of sp³-hybridized carbons (Fsp3) is 0.304. The SMILES string of the molecule is Cc1ccc([C@@H](CNc2oc(-c3ccccc3F)nc2C#N)N2CCOCC2)cc1. The predicted molar refractivity (Wildman–Crippen MR) is 111 cm³/mol. The van der Waals surface area contributed by atoms with Crippen molar-refractivity contribution in [2.75, 3.05) is 38.2 Å². The van der Waals surface area contributed by atoms with Crippen LogP contribution in [0.25, 0.3) is 11.5 Å². The van der Waals surface area contributed by atoms with Crippen molar-refractivity contribution >= 4 is 5.88 Å². The Morgan fingerprint density at radius 1 is 1.17 bits per heavy atom. The quantitative estimate of drug-likeness (QED) is 0.663. The topological polar surface area (TPSA) is 74.3 Å². The van der Waals surface area contributed by atoms with Gasteiger partial charge in [-0.25, -0.2) is 4.39 Å². The van der Waals surface area contributed by atoms with Crippen LogP contribution in [0.5, 0.6) is 0 Å². The minimum Gasteiger partial charge on any atom is -0.419 e. The summed E-state index contributed by atoms with van der Waals surface area (Å²) in [6.07, 6.45) is 0. The van der Waals surface area contributed by atoms with Crippen molar-refractivity contribution in [1.29, 1.82) is 5.26 Å². The second-order valence-corrected chi connectivity index (χ2v) is 7.24. The third-order valence-corrected chi connectivity index (χ3v) is 5.24. The minimum absolute atomic E-state index is 0.0723. The zero-order valence-corrected chi connectivity index (χ0v) is 16.8. The first-order valence-corrected chi connectivity index (χ1v) is 9.94. The highest BCUT2D eigenvalue weighted by molar-refractivity contribution is 5.59. The molecule has 2 aromatic carbocycles. The van der Waals surface area contributed by atoms with Crippen LogP contribution in [0, 0.1) is 24.1 Å². The molecule has 7 heteroatoms. The molecule has 3 aromatic rings. The van der Waals surface area contributed by atoms with E-state index < -0.39 is 5.82 Å². The van der Waals surface area contributed by atoms with Crippen molar-refractivity contribution in [1.82, 2.24) is 9.88 Å². The second-order valence-electron chi connectivity index (χ2n) is 7.24. The van der Waals surface area contributed by atoms with Crippen LogP contribution in [0.3, 0.4) is 0 Å². The smallest absolute Gasteiger partial charge is 0.233 e. The lowest BCUT2D eigenvalue weighted by Crippen LogP contribution is -2.41. The molecule has 0 amide bonds. The van der Waals surface area contributed by atoms with E-state index >= 15 is 0 Å². The summed E-state index contributed by atoms with van der Waals surface area (Å²) in [5, 5.41) is 12.7. The molecule has 154 valence electrons. The number of hydrogen-bond acceptors (Lipinski definition) is 6. The van der Waals surface area contributed by atoms with Gasteiger partial charge in [-0.05, 0) is 24.6 Å². The first kappa shape index (κ1) is 20.1. The molecule has 6 nitrogen and oxygen atoms in total. The average Bonchev–Trinajstić information content (AvgIpc) is 3.19. The molecule has 0 bridgehead atoms. The summed E-state index contributed by atoms with van der Waals surface area (Å²) in [6, 6.07) is 16.7. The van der Waals surface area contributed by atoms with E-state index in [0.717, 1.165) is 13.1 Å². The fourth-order valence-corrected chi connectivity index (χ4v) is 3.59. The van der Waals surface area contributed by atoms with Gasteiger partial charge in [-0.3, -0.25) is 4.90 Å². The molecule has 1 fully saturated rings. The molecule has 1 atom stereocenters. The van der Waals surface area contributed by atoms with Crippen LogP contribution < -0.4 is 5.32 Å². The van der Waals surface area contributed by atoms with Crippen molar-refractivity contribution < 1.29 is 13.5 Å². The van der Waals surface area contributed by atoms with Gasteiger partial charge in [0.25, 0.3) is 0 Å². The number of ether oxygens (including phenoxy) is 1. The van der Waals surface area contributed by atoms with E-state index in [-0.39, 0.29) is 29.1 Å². The molecule has 4 rings (SSSR count). The maximum Gasteiger partial charge on any atom is 0.233 e. The molecule has 1 aromatic heterocycles. The number of rotatable bonds is 6. The number of nitrogens with zero attached hydrogens (tertiary/aromatic N) is 3. The summed E-state index contributed by atoms with van der Waals surface area (Å²) < 4.78 is 25.3. The number of aryl methyl sites for hydroxylation is 1. The van der Waals surface area contributed by atoms with Gasteiger partial charge in [0.1, 0.15) is 11.9 Å². The Morgan fingerprint density at radius 3 is 2.60 bits per heavy atom. The number of halogens is 1. The number of nitriles is 1. The molecule has 1 aliphatic heterocycles. The van der Waals surface area contributed by atoms with E-state index in [4.69, 9.17) is 9.15 Å². The zero-order chi connectivity index (χ0) is 20.9. The number of nitrogens with one attached hydrogen (secondary N) is 1. The molecular weight excluding hydrogens is 383 g/mol. The predicted octanol–water partition coefficient (Wildman–Crippen LogP) is 4.15. The third-order valence-electron chi connectivity index (χ3n) is 5.24. The zero-order valence-electron chi connectivity index (χ0n) is 16.8. The number of anilines is 1. The van der Waals surface area contributed by atoms with Crippen molar-refractivity contribution in [3.8, 4) is 17.5 Å². The average molecular weight is 406 g/mol. The number of hydrogen-bond donors (Lipinski definition) is 1. The standard InChI is InChI=1S/C23H23FN4O2/c1-16-6-8-17(9-7-16)21(28-10-12-29-13-11-28)15-26-23-20(14-25)27-22(30-23)18-4-2-3-5-19(18)24/h2-9,21,26H,10-13,15H2,1H3/t21-/m1/s1. The molecule has 30 heavy (non-hydrogen) atoms. The van der Waals surface area contributed by atoms with Crippen LogP contribution in [0.4, 0.5) is 10.3 Å². The second kappa shape index (κ2) is 9.08. The lowest BCUT2D eigenvalue weighted by molar-refractivity contribution is 0.0186. The van der Waals surface area contributed by atoms with Crippen molar-refractivity contribution in [2.45, 2.75) is 13.0 Å². The Balaban J connectivity index is 1.58. The van der Waals surface area contributed by atoms with E-state index in [1.807, 2.05) is 6.07 Å². The Morgan fingerprint density at radius 2 is 1.90 bits per heavy atom. The van der Waals surface area contributed by atoms with E-state index in [2.05, 4.69) is 46.4 Å². The maximum atomic E-state index is 14.1. The lowest BCUT2D eigenvalue weighted by atomic mass is 10.0. The van der Waals surface area contributed by atoms with Gasteiger partial charge >= 0.3 is 0 Å². The molecule has 1 aliphatic rings. The molecule has 2 heterocycles. The monoisotopic (exact) mass is 406 g/mol. The van der Waals surface area contributed by atoms with Gasteiger partial charge in [-0.15, -0.1) is 0 Å². The summed E-state index contributed by atoms with van der Waals surface area (Å²) in [7, 11) is 0. The molecule has 0 saturated carbocycles. The first-order chi connectivity index (χ1) is 14.7. The highest BCUT2D eigenvalue weighted by atomic mass is 19.1. The number of oxazole rings is 1. The van der Waals surface area contributed by atoms with E-state index in [0.29, 0.717) is 19.8 Å². The summed E-state index contributed by atoms with van der Waals surface area (Å²) in [6.45, 7) is 5.59. The highest BCUT2D eigenvalue weighted by Gasteiger charge is 2.24. The minimum atomic E-state index is -0.444. The lowest BCUT2D eigenvalue weighted by Gasteiger charge is -2.35. The molecular formula is C23H23FN4O2. The molecule has 0 unspecified atom stereocenters. The molecule has 0 aliphatic carbocycles. The number of benzene rings is 2. The summed E-state index contributed by atoms with van der Waals surface area (Å²) in [5.74, 6) is -0.104. The van der Waals surface area contributed by atoms with Gasteiger partial charge in [0.05, 0.1) is 24.8 Å². The van der Waals surface area contributed by atoms with E-state index in [1.54, 1.807) is 18.2 Å². The van der Waals surface area contributed by atoms with E-state index in [1.165, 1.54) is 17.2 Å². The van der Waals surface area contributed by atoms with Crippen LogP contribution in [-0.2, 0) is 4.74 Å². The van der Waals surface area contributed by atoms with Gasteiger partial charge in [-0.2, -0.15) is 10.2 Å². The van der Waals surface area contributed by atoms with Gasteiger partial charge in [0.2, 0.25) is 17.5 Å². The van der Waals surface area contributed by atoms with Crippen LogP contribution in [0.15, 0.2) is 52.9 Å². The Hall–Kier alpha value is -3.21. The molecule has 1 saturated heterocycles. The van der Waals surface area contributed by atoms with Crippen LogP contribution in [-0.4, -0.2) is 42.7 Å². The molecule has 0 radical (unpaired) electrons. The summed E-state index contributed by atoms with van der Waals surface area (Å²) in [5.41, 5.74) is 2.70. The van der Waals surface area contributed by atoms with Crippen molar-refractivity contribution in [2.24, 2.45) is 0 Å². The Kier molecular flexibility index (Phi) is 6.07. The number of aromatic nitrogens is 1. The van der Waals surface area contributed by atoms with Crippen LogP contribution >= 0.6 is 0 Å². The summed E-state index contributed by atoms with van der Waals surface area (Å²) >= 11 is 0. The molecule has 0 spiro atoms. The third kappa shape index (κ3) is 4.35. The van der Waals surface area contributed by atoms with Crippen molar-refractivity contribution in [3.05, 3.63) is 71.2 Å². The van der Waals surface area contributed by atoms with Crippen LogP contribution in [0.2, 0.25) is 0 Å². The maximum absolute atomic E-state index is 14.1. The Labute approximate surface area is 174 Å². The van der Waals surface area contributed by atoms with Crippen molar-refractivity contribution in [3.63, 3.8) is 0 Å². The Bertz CT molecular complexity index is 1040. The summed E-state index contributed by atoms with van der Waals surface area (Å²) in [4.78, 5) is 6.52. The van der Waals surface area contributed by atoms with Gasteiger partial charge < -0.3 is 14.5 Å². The first-order valence-electron chi connectivity index (χ1n) is 9.94. The highest BCUT2D eigenvalue weighted by Crippen LogP contribution is 2.29. The largest absolute Gasteiger partial charge is 0.419 e. The normalized spacial score (nSPS) is 15.5. The van der Waals surface area contributed by atoms with Crippen LogP contribution in [0.1, 0.15) is 22.9 Å². The molecule has 1 N–H and O–H groups in total. The van der Waals surface area contributed by atoms with Gasteiger partial charge in [0, 0.05) is 19.6 Å².